The zero-order valence-corrected chi connectivity index (χ0v) is 13.9. The van der Waals surface area contributed by atoms with Crippen LogP contribution in [0.5, 0.6) is 0 Å². The van der Waals surface area contributed by atoms with Gasteiger partial charge in [0.05, 0.1) is 6.04 Å². The molecule has 1 aromatic carbocycles. The number of unbranched alkanes of at least 4 members (excludes halogenated alkanes) is 1. The van der Waals surface area contributed by atoms with Crippen molar-refractivity contribution in [3.8, 4) is 0 Å². The van der Waals surface area contributed by atoms with Crippen molar-refractivity contribution in [1.29, 1.82) is 0 Å². The Balaban J connectivity index is 2.12. The van der Waals surface area contributed by atoms with Crippen molar-refractivity contribution >= 4 is 16.8 Å². The summed E-state index contributed by atoms with van der Waals surface area (Å²) < 4.78 is 2.16. The van der Waals surface area contributed by atoms with Crippen molar-refractivity contribution in [2.24, 2.45) is 7.05 Å². The van der Waals surface area contributed by atoms with Crippen molar-refractivity contribution in [2.45, 2.75) is 39.7 Å². The molecule has 1 unspecified atom stereocenters. The average Bonchev–Trinajstić information content (AvgIpc) is 2.96. The molecule has 0 bridgehead atoms. The zero-order valence-electron chi connectivity index (χ0n) is 13.9. The Morgan fingerprint density at radius 3 is 2.64 bits per heavy atom. The molecule has 2 aromatic rings. The first-order chi connectivity index (χ1) is 10.6. The Morgan fingerprint density at radius 1 is 1.18 bits per heavy atom. The quantitative estimate of drug-likeness (QED) is 0.830. The molecule has 0 N–H and O–H groups in total. The largest absolute Gasteiger partial charge is 0.350 e. The van der Waals surface area contributed by atoms with Gasteiger partial charge in [0.2, 0.25) is 5.91 Å². The van der Waals surface area contributed by atoms with Gasteiger partial charge in [-0.15, -0.1) is 0 Å². The van der Waals surface area contributed by atoms with E-state index in [4.69, 9.17) is 0 Å². The molecule has 3 nitrogen and oxygen atoms in total. The van der Waals surface area contributed by atoms with Crippen LogP contribution in [0.25, 0.3) is 10.9 Å². The number of para-hydroxylation sites is 1. The van der Waals surface area contributed by atoms with Gasteiger partial charge in [-0.1, -0.05) is 31.5 Å². The molecular weight excluding hydrogens is 272 g/mol. The Morgan fingerprint density at radius 2 is 1.91 bits per heavy atom. The van der Waals surface area contributed by atoms with Crippen LogP contribution in [0.4, 0.5) is 0 Å². The van der Waals surface area contributed by atoms with Crippen LogP contribution in [0.1, 0.15) is 45.2 Å². The second-order valence-corrected chi connectivity index (χ2v) is 6.28. The molecule has 1 amide bonds. The normalized spacial score (nSPS) is 18.8. The molecule has 1 aromatic heterocycles. The van der Waals surface area contributed by atoms with Gasteiger partial charge in [0.15, 0.2) is 0 Å². The summed E-state index contributed by atoms with van der Waals surface area (Å²) in [6, 6.07) is 8.52. The topological polar surface area (TPSA) is 25.2 Å². The first-order valence-electron chi connectivity index (χ1n) is 8.08. The SMILES string of the molecule is CCCCN1C(=O)C(C)=C(C)C1c1cn(C)c2ccccc12. The first kappa shape index (κ1) is 14.9. The lowest BCUT2D eigenvalue weighted by Gasteiger charge is -2.26. The van der Waals surface area contributed by atoms with Crippen molar-refractivity contribution in [3.05, 3.63) is 47.2 Å². The van der Waals surface area contributed by atoms with E-state index in [1.165, 1.54) is 22.0 Å². The van der Waals surface area contributed by atoms with Gasteiger partial charge in [-0.2, -0.15) is 0 Å². The van der Waals surface area contributed by atoms with Crippen molar-refractivity contribution in [1.82, 2.24) is 9.47 Å². The number of benzene rings is 1. The number of fused-ring (bicyclic) bond motifs is 1. The molecule has 1 atom stereocenters. The van der Waals surface area contributed by atoms with E-state index in [1.807, 2.05) is 6.92 Å². The average molecular weight is 296 g/mol. The number of hydrogen-bond donors (Lipinski definition) is 0. The Bertz CT molecular complexity index is 754. The van der Waals surface area contributed by atoms with Gasteiger partial charge in [0.1, 0.15) is 0 Å². The predicted octanol–water partition coefficient (Wildman–Crippen LogP) is 4.20. The third-order valence-electron chi connectivity index (χ3n) is 4.87. The highest BCUT2D eigenvalue weighted by Crippen LogP contribution is 2.40. The number of carbonyl (C=O) groups is 1. The van der Waals surface area contributed by atoms with Crippen molar-refractivity contribution < 1.29 is 4.79 Å². The van der Waals surface area contributed by atoms with Gasteiger partial charge in [-0.3, -0.25) is 4.79 Å². The summed E-state index contributed by atoms with van der Waals surface area (Å²) in [5, 5.41) is 1.25. The third-order valence-corrected chi connectivity index (χ3v) is 4.87. The van der Waals surface area contributed by atoms with E-state index >= 15 is 0 Å². The summed E-state index contributed by atoms with van der Waals surface area (Å²) in [7, 11) is 2.07. The predicted molar refractivity (Wildman–Crippen MR) is 90.7 cm³/mol. The number of aryl methyl sites for hydroxylation is 1. The van der Waals surface area contributed by atoms with Gasteiger partial charge in [-0.25, -0.2) is 0 Å². The van der Waals surface area contributed by atoms with E-state index in [-0.39, 0.29) is 11.9 Å². The maximum atomic E-state index is 12.6. The highest BCUT2D eigenvalue weighted by Gasteiger charge is 2.36. The molecule has 22 heavy (non-hydrogen) atoms. The summed E-state index contributed by atoms with van der Waals surface area (Å²) in [6.45, 7) is 7.06. The standard InChI is InChI=1S/C19H24N2O/c1-5-6-11-21-18(13(2)14(3)19(21)22)16-12-20(4)17-10-8-7-9-15(16)17/h7-10,12,18H,5-6,11H2,1-4H3. The van der Waals surface area contributed by atoms with Crippen LogP contribution in [-0.4, -0.2) is 21.9 Å². The summed E-state index contributed by atoms with van der Waals surface area (Å²) in [6.07, 6.45) is 4.33. The second kappa shape index (κ2) is 5.64. The monoisotopic (exact) mass is 296 g/mol. The third kappa shape index (κ3) is 2.16. The number of nitrogens with zero attached hydrogens (tertiary/aromatic N) is 2. The molecule has 116 valence electrons. The van der Waals surface area contributed by atoms with Gasteiger partial charge < -0.3 is 9.47 Å². The van der Waals surface area contributed by atoms with Gasteiger partial charge in [-0.05, 0) is 31.9 Å². The van der Waals surface area contributed by atoms with Crippen molar-refractivity contribution in [2.75, 3.05) is 6.54 Å². The lowest BCUT2D eigenvalue weighted by atomic mass is 9.98. The maximum absolute atomic E-state index is 12.6. The number of carbonyl (C=O) groups excluding carboxylic acids is 1. The fourth-order valence-electron chi connectivity index (χ4n) is 3.49. The molecule has 0 fully saturated rings. The molecule has 0 saturated carbocycles. The van der Waals surface area contributed by atoms with Crippen LogP contribution in [0.3, 0.4) is 0 Å². The van der Waals surface area contributed by atoms with Crippen LogP contribution in [0, 0.1) is 0 Å². The molecule has 3 heteroatoms. The molecule has 0 radical (unpaired) electrons. The molecule has 0 saturated heterocycles. The first-order valence-corrected chi connectivity index (χ1v) is 8.08. The lowest BCUT2D eigenvalue weighted by Crippen LogP contribution is -2.30. The Kier molecular flexibility index (Phi) is 3.81. The Hall–Kier alpha value is -2.03. The lowest BCUT2D eigenvalue weighted by molar-refractivity contribution is -0.127. The minimum absolute atomic E-state index is 0.0881. The van der Waals surface area contributed by atoms with E-state index in [0.29, 0.717) is 0 Å². The summed E-state index contributed by atoms with van der Waals surface area (Å²) in [4.78, 5) is 14.7. The van der Waals surface area contributed by atoms with E-state index < -0.39 is 0 Å². The highest BCUT2D eigenvalue weighted by atomic mass is 16.2. The summed E-state index contributed by atoms with van der Waals surface area (Å²) in [5.41, 5.74) is 4.57. The minimum atomic E-state index is 0.0881. The summed E-state index contributed by atoms with van der Waals surface area (Å²) >= 11 is 0. The fraction of sp³-hybridized carbons (Fsp3) is 0.421. The smallest absolute Gasteiger partial charge is 0.250 e. The van der Waals surface area contributed by atoms with Crippen LogP contribution in [0.15, 0.2) is 41.6 Å². The van der Waals surface area contributed by atoms with Crippen LogP contribution < -0.4 is 0 Å². The number of rotatable bonds is 4. The zero-order chi connectivity index (χ0) is 15.9. The fourth-order valence-corrected chi connectivity index (χ4v) is 3.49. The van der Waals surface area contributed by atoms with Gasteiger partial charge in [0.25, 0.3) is 0 Å². The minimum Gasteiger partial charge on any atom is -0.350 e. The number of aromatic nitrogens is 1. The van der Waals surface area contributed by atoms with Crippen LogP contribution in [0.2, 0.25) is 0 Å². The Labute approximate surface area is 132 Å². The van der Waals surface area contributed by atoms with Gasteiger partial charge in [0, 0.05) is 41.8 Å². The van der Waals surface area contributed by atoms with E-state index in [0.717, 1.165) is 25.0 Å². The highest BCUT2D eigenvalue weighted by molar-refractivity contribution is 5.98. The molecular formula is C19H24N2O. The number of amides is 1. The molecule has 2 heterocycles. The summed E-state index contributed by atoms with van der Waals surface area (Å²) in [5.74, 6) is 0.198. The molecule has 0 aliphatic carbocycles. The van der Waals surface area contributed by atoms with Crippen molar-refractivity contribution in [3.63, 3.8) is 0 Å². The molecule has 3 rings (SSSR count). The van der Waals surface area contributed by atoms with Crippen LogP contribution in [-0.2, 0) is 11.8 Å². The molecule has 1 aliphatic rings. The van der Waals surface area contributed by atoms with E-state index in [2.05, 4.69) is 60.8 Å². The molecule has 0 spiro atoms. The second-order valence-electron chi connectivity index (χ2n) is 6.28. The van der Waals surface area contributed by atoms with E-state index in [1.54, 1.807) is 0 Å². The van der Waals surface area contributed by atoms with E-state index in [9.17, 15) is 4.79 Å². The molecule has 1 aliphatic heterocycles. The number of hydrogen-bond acceptors (Lipinski definition) is 1. The van der Waals surface area contributed by atoms with Crippen LogP contribution >= 0.6 is 0 Å². The maximum Gasteiger partial charge on any atom is 0.250 e. The van der Waals surface area contributed by atoms with Gasteiger partial charge >= 0.3 is 0 Å².